The minimum Gasteiger partial charge on any atom is -0.449 e. The summed E-state index contributed by atoms with van der Waals surface area (Å²) in [5.74, 6) is 2.80. The second kappa shape index (κ2) is 4.38. The van der Waals surface area contributed by atoms with Crippen molar-refractivity contribution in [2.45, 2.75) is 0 Å². The highest BCUT2D eigenvalue weighted by atomic mass is 16.6. The molecule has 2 heterocycles. The van der Waals surface area contributed by atoms with Crippen LogP contribution in [0.5, 0.6) is 23.0 Å². The van der Waals surface area contributed by atoms with Gasteiger partial charge in [-0.05, 0) is 12.1 Å². The van der Waals surface area contributed by atoms with E-state index < -0.39 is 0 Å². The van der Waals surface area contributed by atoms with Gasteiger partial charge in [-0.2, -0.15) is 0 Å². The lowest BCUT2D eigenvalue weighted by atomic mass is 10.1. The average molecular weight is 261 g/mol. The summed E-state index contributed by atoms with van der Waals surface area (Å²) in [4.78, 5) is 4.43. The maximum Gasteiger partial charge on any atom is 0.196 e. The zero-order chi connectivity index (χ0) is 13.4. The van der Waals surface area contributed by atoms with E-state index in [4.69, 9.17) is 9.47 Å². The molecule has 0 saturated carbocycles. The molecule has 0 amide bonds. The molecule has 1 aromatic heterocycles. The molecule has 0 aliphatic carbocycles. The maximum absolute atomic E-state index is 5.98. The Morgan fingerprint density at radius 3 is 2.15 bits per heavy atom. The number of pyridine rings is 1. The number of hydrogen-bond donors (Lipinski definition) is 0. The second-order valence-electron chi connectivity index (χ2n) is 4.50. The molecule has 0 spiro atoms. The van der Waals surface area contributed by atoms with Gasteiger partial charge in [-0.3, -0.25) is 4.98 Å². The molecule has 4 rings (SSSR count). The molecule has 0 radical (unpaired) electrons. The topological polar surface area (TPSA) is 31.4 Å². The molecule has 1 aliphatic rings. The van der Waals surface area contributed by atoms with E-state index in [-0.39, 0.29) is 0 Å². The largest absolute Gasteiger partial charge is 0.449 e. The van der Waals surface area contributed by atoms with Crippen LogP contribution in [0, 0.1) is 0 Å². The summed E-state index contributed by atoms with van der Waals surface area (Å²) in [6, 6.07) is 19.4. The first kappa shape index (κ1) is 11.1. The Labute approximate surface area is 116 Å². The number of rotatable bonds is 1. The summed E-state index contributed by atoms with van der Waals surface area (Å²) < 4.78 is 11.9. The number of aromatic nitrogens is 1. The van der Waals surface area contributed by atoms with Crippen molar-refractivity contribution in [3.63, 3.8) is 0 Å². The number of para-hydroxylation sites is 2. The van der Waals surface area contributed by atoms with Crippen LogP contribution in [0.25, 0.3) is 11.3 Å². The zero-order valence-corrected chi connectivity index (χ0v) is 10.6. The molecule has 0 atom stereocenters. The van der Waals surface area contributed by atoms with Gasteiger partial charge in [0.1, 0.15) is 5.69 Å². The van der Waals surface area contributed by atoms with Crippen LogP contribution < -0.4 is 9.47 Å². The Morgan fingerprint density at radius 2 is 1.35 bits per heavy atom. The minimum absolute atomic E-state index is 0.664. The van der Waals surface area contributed by atoms with Crippen molar-refractivity contribution in [2.75, 3.05) is 0 Å². The Bertz CT molecular complexity index is 769. The number of fused-ring (bicyclic) bond motifs is 2. The molecular formula is C17H11NO2. The lowest BCUT2D eigenvalue weighted by molar-refractivity contribution is 0.359. The summed E-state index contributed by atoms with van der Waals surface area (Å²) in [5.41, 5.74) is 1.80. The lowest BCUT2D eigenvalue weighted by Gasteiger charge is -2.21. The van der Waals surface area contributed by atoms with E-state index in [1.807, 2.05) is 60.7 Å². The Morgan fingerprint density at radius 1 is 0.650 bits per heavy atom. The molecular weight excluding hydrogens is 250 g/mol. The molecule has 0 N–H and O–H groups in total. The highest BCUT2D eigenvalue weighted by Gasteiger charge is 2.22. The third-order valence-electron chi connectivity index (χ3n) is 3.20. The van der Waals surface area contributed by atoms with Gasteiger partial charge in [0, 0.05) is 17.8 Å². The van der Waals surface area contributed by atoms with Gasteiger partial charge in [-0.25, -0.2) is 0 Å². The van der Waals surface area contributed by atoms with Crippen molar-refractivity contribution in [2.24, 2.45) is 0 Å². The molecule has 0 unspecified atom stereocenters. The van der Waals surface area contributed by atoms with Gasteiger partial charge in [-0.1, -0.05) is 42.5 Å². The van der Waals surface area contributed by atoms with E-state index in [1.165, 1.54) is 0 Å². The highest BCUT2D eigenvalue weighted by Crippen LogP contribution is 2.48. The van der Waals surface area contributed by atoms with Crippen molar-refractivity contribution < 1.29 is 9.47 Å². The third-order valence-corrected chi connectivity index (χ3v) is 3.20. The molecule has 3 heteroatoms. The molecule has 96 valence electrons. The van der Waals surface area contributed by atoms with Crippen molar-refractivity contribution in [1.29, 1.82) is 0 Å². The van der Waals surface area contributed by atoms with Gasteiger partial charge in [0.05, 0.1) is 0 Å². The van der Waals surface area contributed by atoms with Crippen LogP contribution in [0.4, 0.5) is 0 Å². The zero-order valence-electron chi connectivity index (χ0n) is 10.6. The fourth-order valence-electron chi connectivity index (χ4n) is 2.26. The molecule has 2 aromatic carbocycles. The Kier molecular flexibility index (Phi) is 2.42. The first-order valence-electron chi connectivity index (χ1n) is 6.41. The van der Waals surface area contributed by atoms with Crippen LogP contribution >= 0.6 is 0 Å². The highest BCUT2D eigenvalue weighted by molar-refractivity contribution is 5.72. The Balaban J connectivity index is 1.87. The number of benzene rings is 2. The quantitative estimate of drug-likeness (QED) is 0.500. The van der Waals surface area contributed by atoms with Crippen molar-refractivity contribution in [3.05, 3.63) is 66.9 Å². The van der Waals surface area contributed by atoms with Crippen molar-refractivity contribution in [1.82, 2.24) is 4.98 Å². The molecule has 3 nitrogen and oxygen atoms in total. The van der Waals surface area contributed by atoms with Gasteiger partial charge in [-0.15, -0.1) is 0 Å². The van der Waals surface area contributed by atoms with E-state index >= 15 is 0 Å². The third kappa shape index (κ3) is 1.72. The van der Waals surface area contributed by atoms with Crippen LogP contribution in [0.15, 0.2) is 66.9 Å². The lowest BCUT2D eigenvalue weighted by Crippen LogP contribution is -2.01. The van der Waals surface area contributed by atoms with Gasteiger partial charge in [0.15, 0.2) is 23.0 Å². The number of nitrogens with zero attached hydrogens (tertiary/aromatic N) is 1. The average Bonchev–Trinajstić information content (AvgIpc) is 2.53. The van der Waals surface area contributed by atoms with E-state index in [0.29, 0.717) is 17.2 Å². The van der Waals surface area contributed by atoms with E-state index in [2.05, 4.69) is 4.98 Å². The molecule has 20 heavy (non-hydrogen) atoms. The molecule has 1 aliphatic heterocycles. The second-order valence-corrected chi connectivity index (χ2v) is 4.50. The van der Waals surface area contributed by atoms with Crippen LogP contribution in [-0.4, -0.2) is 4.98 Å². The van der Waals surface area contributed by atoms with Crippen molar-refractivity contribution in [3.8, 4) is 34.3 Å². The number of hydrogen-bond acceptors (Lipinski definition) is 3. The summed E-state index contributed by atoms with van der Waals surface area (Å²) in [5, 5.41) is 0. The molecule has 0 saturated heterocycles. The molecule has 3 aromatic rings. The number of ether oxygens (including phenoxy) is 2. The monoisotopic (exact) mass is 261 g/mol. The first-order valence-corrected chi connectivity index (χ1v) is 6.41. The minimum atomic E-state index is 0.664. The van der Waals surface area contributed by atoms with Gasteiger partial charge in [0.25, 0.3) is 0 Å². The van der Waals surface area contributed by atoms with Gasteiger partial charge >= 0.3 is 0 Å². The summed E-state index contributed by atoms with van der Waals surface area (Å²) in [6.45, 7) is 0. The van der Waals surface area contributed by atoms with E-state index in [9.17, 15) is 0 Å². The van der Waals surface area contributed by atoms with Crippen LogP contribution in [0.3, 0.4) is 0 Å². The normalized spacial score (nSPS) is 11.8. The van der Waals surface area contributed by atoms with Crippen molar-refractivity contribution >= 4 is 0 Å². The van der Waals surface area contributed by atoms with Gasteiger partial charge < -0.3 is 9.47 Å². The van der Waals surface area contributed by atoms with Gasteiger partial charge in [0.2, 0.25) is 0 Å². The first-order chi connectivity index (χ1) is 9.92. The van der Waals surface area contributed by atoms with Crippen LogP contribution in [-0.2, 0) is 0 Å². The molecule has 0 fully saturated rings. The summed E-state index contributed by atoms with van der Waals surface area (Å²) in [6.07, 6.45) is 1.73. The fourth-order valence-corrected chi connectivity index (χ4v) is 2.26. The fraction of sp³-hybridized carbons (Fsp3) is 0. The SMILES string of the molecule is c1ccc(-c2nccc3c2Oc2ccccc2O3)cc1. The predicted octanol–water partition coefficient (Wildman–Crippen LogP) is 4.65. The van der Waals surface area contributed by atoms with E-state index in [0.717, 1.165) is 17.0 Å². The van der Waals surface area contributed by atoms with Crippen LogP contribution in [0.1, 0.15) is 0 Å². The van der Waals surface area contributed by atoms with E-state index in [1.54, 1.807) is 6.20 Å². The molecule has 0 bridgehead atoms. The van der Waals surface area contributed by atoms with Crippen LogP contribution in [0.2, 0.25) is 0 Å². The predicted molar refractivity (Wildman–Crippen MR) is 76.3 cm³/mol. The summed E-state index contributed by atoms with van der Waals surface area (Å²) >= 11 is 0. The standard InChI is InChI=1S/C17H11NO2/c1-2-6-12(7-3-1)16-17-15(10-11-18-16)19-13-8-4-5-9-14(13)20-17/h1-11H. The smallest absolute Gasteiger partial charge is 0.196 e. The summed E-state index contributed by atoms with van der Waals surface area (Å²) in [7, 11) is 0. The maximum atomic E-state index is 5.98. The Hall–Kier alpha value is -2.81.